The molecular formula is C29H35F3N6O4. The van der Waals surface area contributed by atoms with E-state index in [1.165, 1.54) is 24.9 Å². The van der Waals surface area contributed by atoms with Gasteiger partial charge in [0, 0.05) is 31.4 Å². The monoisotopic (exact) mass is 588 g/mol. The Balaban J connectivity index is 1.63. The highest BCUT2D eigenvalue weighted by Crippen LogP contribution is 2.31. The van der Waals surface area contributed by atoms with Crippen LogP contribution < -0.4 is 11.1 Å². The molecule has 0 spiro atoms. The Labute approximate surface area is 242 Å². The fourth-order valence-electron chi connectivity index (χ4n) is 5.33. The van der Waals surface area contributed by atoms with E-state index in [2.05, 4.69) is 10.3 Å². The highest BCUT2D eigenvalue weighted by molar-refractivity contribution is 6.05. The fraction of sp³-hybridized carbons (Fsp3) is 0.483. The number of carbonyl (C=O) groups is 4. The van der Waals surface area contributed by atoms with E-state index in [1.807, 2.05) is 30.3 Å². The van der Waals surface area contributed by atoms with E-state index in [1.54, 1.807) is 18.2 Å². The molecule has 3 N–H and O–H groups in total. The lowest BCUT2D eigenvalue weighted by Crippen LogP contribution is -2.65. The first-order valence-electron chi connectivity index (χ1n) is 13.8. The number of hydrogen-bond donors (Lipinski definition) is 2. The number of fused-ring (bicyclic) bond motifs is 1. The average molecular weight is 589 g/mol. The molecular weight excluding hydrogens is 553 g/mol. The van der Waals surface area contributed by atoms with Gasteiger partial charge in [0.15, 0.2) is 0 Å². The standard InChI is InChI=1S/C29H35F3N6O4/c1-28(2,33)26(41)35-21(13-8-11-19-9-4-3-5-10-19)24(39)36-15-16-37-23(22(36)17-20-12-6-7-14-34-20)25(40)38(27(37)42)18-29(30,31)32/h3-7,9-10,12,14,21-23H,8,11,13,15-18,33H2,1-2H3,(H,35,41)/t21-,22-,23?/m1/s1. The summed E-state index contributed by atoms with van der Waals surface area (Å²) in [6.45, 7) is 1.12. The Hall–Kier alpha value is -4.00. The predicted molar refractivity (Wildman–Crippen MR) is 147 cm³/mol. The van der Waals surface area contributed by atoms with Gasteiger partial charge < -0.3 is 20.9 Å². The molecule has 0 radical (unpaired) electrons. The van der Waals surface area contributed by atoms with Gasteiger partial charge in [0.25, 0.3) is 5.91 Å². The number of halogens is 3. The van der Waals surface area contributed by atoms with Gasteiger partial charge >= 0.3 is 12.2 Å². The first kappa shape index (κ1) is 30.9. The number of aryl methyl sites for hydroxylation is 1. The number of amides is 5. The topological polar surface area (TPSA) is 129 Å². The third kappa shape index (κ3) is 7.25. The van der Waals surface area contributed by atoms with Crippen molar-refractivity contribution in [1.29, 1.82) is 0 Å². The number of nitrogens with two attached hydrogens (primary N) is 1. The van der Waals surface area contributed by atoms with Crippen LogP contribution in [0.4, 0.5) is 18.0 Å². The molecule has 2 saturated heterocycles. The van der Waals surface area contributed by atoms with Crippen LogP contribution in [0.5, 0.6) is 0 Å². The predicted octanol–water partition coefficient (Wildman–Crippen LogP) is 2.28. The van der Waals surface area contributed by atoms with E-state index in [4.69, 9.17) is 5.73 Å². The molecule has 4 rings (SSSR count). The molecule has 226 valence electrons. The molecule has 0 bridgehead atoms. The van der Waals surface area contributed by atoms with E-state index in [9.17, 15) is 32.3 Å². The third-order valence-corrected chi connectivity index (χ3v) is 7.43. The molecule has 1 aromatic heterocycles. The Kier molecular flexibility index (Phi) is 9.19. The van der Waals surface area contributed by atoms with E-state index in [0.29, 0.717) is 18.5 Å². The molecule has 10 nitrogen and oxygen atoms in total. The molecule has 3 heterocycles. The maximum absolute atomic E-state index is 14.1. The van der Waals surface area contributed by atoms with E-state index < -0.39 is 60.1 Å². The van der Waals surface area contributed by atoms with Crippen LogP contribution in [0.15, 0.2) is 54.7 Å². The number of piperazine rings is 1. The molecule has 2 aliphatic heterocycles. The summed E-state index contributed by atoms with van der Waals surface area (Å²) in [5, 5.41) is 2.75. The van der Waals surface area contributed by atoms with Crippen molar-refractivity contribution < 1.29 is 32.3 Å². The van der Waals surface area contributed by atoms with Crippen LogP contribution in [-0.2, 0) is 27.2 Å². The summed E-state index contributed by atoms with van der Waals surface area (Å²) < 4.78 is 39.8. The summed E-state index contributed by atoms with van der Waals surface area (Å²) in [5.41, 5.74) is 6.25. The highest BCUT2D eigenvalue weighted by Gasteiger charge is 2.56. The van der Waals surface area contributed by atoms with E-state index in [0.717, 1.165) is 10.5 Å². The van der Waals surface area contributed by atoms with Crippen molar-refractivity contribution >= 4 is 23.8 Å². The van der Waals surface area contributed by atoms with Gasteiger partial charge in [-0.15, -0.1) is 0 Å². The number of benzene rings is 1. The Morgan fingerprint density at radius 3 is 2.38 bits per heavy atom. The fourth-order valence-corrected chi connectivity index (χ4v) is 5.33. The van der Waals surface area contributed by atoms with Gasteiger partial charge in [0.2, 0.25) is 11.8 Å². The van der Waals surface area contributed by atoms with Crippen LogP contribution in [0.25, 0.3) is 0 Å². The van der Waals surface area contributed by atoms with Crippen molar-refractivity contribution in [2.45, 2.75) is 69.4 Å². The van der Waals surface area contributed by atoms with Crippen LogP contribution in [0, 0.1) is 0 Å². The second-order valence-electron chi connectivity index (χ2n) is 11.2. The molecule has 2 aromatic rings. The number of aromatic nitrogens is 1. The van der Waals surface area contributed by atoms with Gasteiger partial charge in [0.1, 0.15) is 18.6 Å². The molecule has 5 amide bonds. The van der Waals surface area contributed by atoms with Crippen molar-refractivity contribution in [3.8, 4) is 0 Å². The quantitative estimate of drug-likeness (QED) is 0.410. The van der Waals surface area contributed by atoms with Gasteiger partial charge in [-0.25, -0.2) is 4.79 Å². The second kappa shape index (κ2) is 12.5. The molecule has 1 unspecified atom stereocenters. The average Bonchev–Trinajstić information content (AvgIpc) is 3.16. The lowest BCUT2D eigenvalue weighted by Gasteiger charge is -2.44. The smallest absolute Gasteiger partial charge is 0.343 e. The zero-order chi connectivity index (χ0) is 30.7. The number of pyridine rings is 1. The molecule has 1 aromatic carbocycles. The molecule has 42 heavy (non-hydrogen) atoms. The van der Waals surface area contributed by atoms with E-state index >= 15 is 0 Å². The Morgan fingerprint density at radius 2 is 1.76 bits per heavy atom. The summed E-state index contributed by atoms with van der Waals surface area (Å²) in [6.07, 6.45) is -1.81. The largest absolute Gasteiger partial charge is 0.406 e. The first-order chi connectivity index (χ1) is 19.8. The summed E-state index contributed by atoms with van der Waals surface area (Å²) in [7, 11) is 0. The molecule has 2 aliphatic rings. The summed E-state index contributed by atoms with van der Waals surface area (Å²) >= 11 is 0. The molecule has 0 aliphatic carbocycles. The van der Waals surface area contributed by atoms with Crippen LogP contribution >= 0.6 is 0 Å². The summed E-state index contributed by atoms with van der Waals surface area (Å²) in [6, 6.07) is 10.3. The van der Waals surface area contributed by atoms with E-state index in [-0.39, 0.29) is 30.8 Å². The lowest BCUT2D eigenvalue weighted by molar-refractivity contribution is -0.155. The van der Waals surface area contributed by atoms with Crippen LogP contribution in [0.1, 0.15) is 37.9 Å². The van der Waals surface area contributed by atoms with Crippen molar-refractivity contribution in [2.75, 3.05) is 19.6 Å². The van der Waals surface area contributed by atoms with Crippen molar-refractivity contribution in [1.82, 2.24) is 25.0 Å². The Bertz CT molecular complexity index is 1290. The van der Waals surface area contributed by atoms with Crippen molar-refractivity contribution in [3.05, 3.63) is 66.0 Å². The minimum atomic E-state index is -4.78. The number of hydrogen-bond acceptors (Lipinski definition) is 6. The zero-order valence-corrected chi connectivity index (χ0v) is 23.5. The van der Waals surface area contributed by atoms with Gasteiger partial charge in [0.05, 0.1) is 11.6 Å². The number of urea groups is 1. The zero-order valence-electron chi connectivity index (χ0n) is 23.5. The van der Waals surface area contributed by atoms with Gasteiger partial charge in [-0.05, 0) is 50.8 Å². The Morgan fingerprint density at radius 1 is 1.07 bits per heavy atom. The number of rotatable bonds is 10. The third-order valence-electron chi connectivity index (χ3n) is 7.43. The molecule has 0 saturated carbocycles. The SMILES string of the molecule is CC(C)(N)C(=O)N[C@H](CCCc1ccccc1)C(=O)N1CCN2C(=O)N(CC(F)(F)F)C(=O)C2[C@H]1Cc1ccccn1. The maximum atomic E-state index is 14.1. The van der Waals surface area contributed by atoms with Crippen LogP contribution in [-0.4, -0.2) is 92.9 Å². The minimum Gasteiger partial charge on any atom is -0.343 e. The number of imide groups is 1. The number of nitrogens with zero attached hydrogens (tertiary/aromatic N) is 4. The molecule has 3 atom stereocenters. The van der Waals surface area contributed by atoms with Crippen molar-refractivity contribution in [2.24, 2.45) is 5.73 Å². The van der Waals surface area contributed by atoms with Gasteiger partial charge in [-0.1, -0.05) is 36.4 Å². The minimum absolute atomic E-state index is 0.0136. The van der Waals surface area contributed by atoms with Crippen LogP contribution in [0.2, 0.25) is 0 Å². The second-order valence-corrected chi connectivity index (χ2v) is 11.2. The van der Waals surface area contributed by atoms with Gasteiger partial charge in [-0.2, -0.15) is 13.2 Å². The summed E-state index contributed by atoms with van der Waals surface area (Å²) in [4.78, 5) is 60.2. The number of nitrogens with one attached hydrogen (secondary N) is 1. The summed E-state index contributed by atoms with van der Waals surface area (Å²) in [5.74, 6) is -2.08. The van der Waals surface area contributed by atoms with Gasteiger partial charge in [-0.3, -0.25) is 24.3 Å². The molecule has 2 fully saturated rings. The first-order valence-corrected chi connectivity index (χ1v) is 13.8. The maximum Gasteiger partial charge on any atom is 0.406 e. The highest BCUT2D eigenvalue weighted by atomic mass is 19.4. The lowest BCUT2D eigenvalue weighted by atomic mass is 9.94. The van der Waals surface area contributed by atoms with Crippen LogP contribution in [0.3, 0.4) is 0 Å². The normalized spacial score (nSPS) is 20.0. The van der Waals surface area contributed by atoms with Crippen molar-refractivity contribution in [3.63, 3.8) is 0 Å². The number of alkyl halides is 3. The molecule has 13 heteroatoms. The number of carbonyl (C=O) groups excluding carboxylic acids is 4.